The van der Waals surface area contributed by atoms with Gasteiger partial charge in [0.2, 0.25) is 10.0 Å². The summed E-state index contributed by atoms with van der Waals surface area (Å²) in [5.74, 6) is -1.44. The Labute approximate surface area is 162 Å². The van der Waals surface area contributed by atoms with E-state index in [4.69, 9.17) is 0 Å². The maximum absolute atomic E-state index is 13.0. The zero-order valence-corrected chi connectivity index (χ0v) is 16.5. The highest BCUT2D eigenvalue weighted by atomic mass is 32.2. The largest absolute Gasteiger partial charge is 0.391 e. The zero-order valence-electron chi connectivity index (χ0n) is 15.7. The minimum Gasteiger partial charge on any atom is -0.377 e. The van der Waals surface area contributed by atoms with Gasteiger partial charge in [0, 0.05) is 25.2 Å². The first-order chi connectivity index (χ1) is 13.0. The normalized spacial score (nSPS) is 20.9. The van der Waals surface area contributed by atoms with Gasteiger partial charge >= 0.3 is 6.18 Å². The summed E-state index contributed by atoms with van der Waals surface area (Å²) in [5.41, 5.74) is -0.446. The van der Waals surface area contributed by atoms with Gasteiger partial charge in [-0.1, -0.05) is 20.3 Å². The Morgan fingerprint density at radius 1 is 1.25 bits per heavy atom. The molecule has 28 heavy (non-hydrogen) atoms. The SMILES string of the molecule is CCN(CC)S(=O)(=O)c1ccc(N[C@@H]2CCC[C@H](C(F)(F)F)C2)c([N+](=O)[O-])c1. The molecule has 7 nitrogen and oxygen atoms in total. The van der Waals surface area contributed by atoms with E-state index < -0.39 is 38.8 Å². The summed E-state index contributed by atoms with van der Waals surface area (Å²) in [5, 5.41) is 14.3. The molecule has 11 heteroatoms. The van der Waals surface area contributed by atoms with E-state index in [9.17, 15) is 31.7 Å². The van der Waals surface area contributed by atoms with Crippen molar-refractivity contribution in [3.8, 4) is 0 Å². The predicted molar refractivity (Wildman–Crippen MR) is 98.6 cm³/mol. The molecule has 0 amide bonds. The van der Waals surface area contributed by atoms with Crippen LogP contribution in [0.4, 0.5) is 24.5 Å². The maximum atomic E-state index is 13.0. The van der Waals surface area contributed by atoms with Crippen LogP contribution in [0.25, 0.3) is 0 Å². The second-order valence-electron chi connectivity index (χ2n) is 6.77. The monoisotopic (exact) mass is 423 g/mol. The van der Waals surface area contributed by atoms with E-state index in [2.05, 4.69) is 5.32 Å². The van der Waals surface area contributed by atoms with Gasteiger partial charge < -0.3 is 5.32 Å². The predicted octanol–water partition coefficient (Wildman–Crippen LogP) is 4.16. The fourth-order valence-corrected chi connectivity index (χ4v) is 4.97. The fraction of sp³-hybridized carbons (Fsp3) is 0.647. The molecule has 1 saturated carbocycles. The van der Waals surface area contributed by atoms with Gasteiger partial charge in [0.25, 0.3) is 5.69 Å². The van der Waals surface area contributed by atoms with Gasteiger partial charge in [-0.25, -0.2) is 8.42 Å². The molecule has 0 saturated heterocycles. The lowest BCUT2D eigenvalue weighted by atomic mass is 9.85. The number of nitrogens with zero attached hydrogens (tertiary/aromatic N) is 2. The number of halogens is 3. The van der Waals surface area contributed by atoms with Crippen LogP contribution in [0, 0.1) is 16.0 Å². The van der Waals surface area contributed by atoms with Crippen molar-refractivity contribution in [1.82, 2.24) is 4.31 Å². The van der Waals surface area contributed by atoms with Gasteiger partial charge in [-0.05, 0) is 31.4 Å². The Balaban J connectivity index is 2.30. The minimum atomic E-state index is -4.30. The highest BCUT2D eigenvalue weighted by molar-refractivity contribution is 7.89. The molecule has 0 aliphatic heterocycles. The molecule has 0 spiro atoms. The number of nitro benzene ring substituents is 1. The summed E-state index contributed by atoms with van der Waals surface area (Å²) < 4.78 is 65.3. The van der Waals surface area contributed by atoms with Crippen molar-refractivity contribution in [2.45, 2.75) is 56.6 Å². The van der Waals surface area contributed by atoms with Crippen molar-refractivity contribution in [2.75, 3.05) is 18.4 Å². The number of hydrogen-bond acceptors (Lipinski definition) is 5. The Hall–Kier alpha value is -1.88. The summed E-state index contributed by atoms with van der Waals surface area (Å²) in [4.78, 5) is 10.5. The molecule has 1 aromatic rings. The molecule has 0 bridgehead atoms. The third-order valence-electron chi connectivity index (χ3n) is 5.01. The van der Waals surface area contributed by atoms with Gasteiger partial charge in [0.05, 0.1) is 15.7 Å². The molecule has 1 aliphatic rings. The van der Waals surface area contributed by atoms with Crippen molar-refractivity contribution in [3.05, 3.63) is 28.3 Å². The van der Waals surface area contributed by atoms with Crippen LogP contribution < -0.4 is 5.32 Å². The molecular weight excluding hydrogens is 399 g/mol. The standard InChI is InChI=1S/C17H24F3N3O4S/c1-3-22(4-2)28(26,27)14-8-9-15(16(11-14)23(24)25)21-13-7-5-6-12(10-13)17(18,19)20/h8-9,11-13,21H,3-7,10H2,1-2H3/t12-,13+/m0/s1. The van der Waals surface area contributed by atoms with E-state index >= 15 is 0 Å². The average molecular weight is 423 g/mol. The Bertz CT molecular complexity index is 810. The van der Waals surface area contributed by atoms with Crippen LogP contribution in [0.15, 0.2) is 23.1 Å². The number of anilines is 1. The molecule has 158 valence electrons. The number of nitro groups is 1. The summed E-state index contributed by atoms with van der Waals surface area (Å²) >= 11 is 0. The first-order valence-corrected chi connectivity index (χ1v) is 10.6. The van der Waals surface area contributed by atoms with Crippen LogP contribution in [0.3, 0.4) is 0 Å². The van der Waals surface area contributed by atoms with Gasteiger partial charge in [-0.2, -0.15) is 17.5 Å². The molecule has 1 fully saturated rings. The van der Waals surface area contributed by atoms with Crippen LogP contribution in [0.2, 0.25) is 0 Å². The highest BCUT2D eigenvalue weighted by Gasteiger charge is 2.42. The van der Waals surface area contributed by atoms with E-state index in [1.807, 2.05) is 0 Å². The number of alkyl halides is 3. The summed E-state index contributed by atoms with van der Waals surface area (Å²) in [7, 11) is -3.88. The maximum Gasteiger partial charge on any atom is 0.391 e. The fourth-order valence-electron chi connectivity index (χ4n) is 3.50. The smallest absolute Gasteiger partial charge is 0.377 e. The third kappa shape index (κ3) is 4.93. The van der Waals surface area contributed by atoms with E-state index in [0.29, 0.717) is 12.8 Å². The number of rotatable bonds is 7. The van der Waals surface area contributed by atoms with E-state index in [0.717, 1.165) is 6.07 Å². The lowest BCUT2D eigenvalue weighted by Crippen LogP contribution is -2.34. The van der Waals surface area contributed by atoms with Crippen LogP contribution in [-0.4, -0.2) is 43.0 Å². The molecule has 0 aromatic heterocycles. The molecule has 2 atom stereocenters. The van der Waals surface area contributed by atoms with Crippen molar-refractivity contribution in [3.63, 3.8) is 0 Å². The van der Waals surface area contributed by atoms with Crippen molar-refractivity contribution in [2.24, 2.45) is 5.92 Å². The second kappa shape index (κ2) is 8.64. The lowest BCUT2D eigenvalue weighted by molar-refractivity contribution is -0.384. The average Bonchev–Trinajstić information content (AvgIpc) is 2.62. The molecule has 0 radical (unpaired) electrons. The molecule has 2 rings (SSSR count). The van der Waals surface area contributed by atoms with Crippen molar-refractivity contribution >= 4 is 21.4 Å². The van der Waals surface area contributed by atoms with Gasteiger partial charge in [-0.3, -0.25) is 10.1 Å². The first kappa shape index (κ1) is 22.4. The lowest BCUT2D eigenvalue weighted by Gasteiger charge is -2.31. The first-order valence-electron chi connectivity index (χ1n) is 9.12. The van der Waals surface area contributed by atoms with Gasteiger partial charge in [-0.15, -0.1) is 0 Å². The topological polar surface area (TPSA) is 92.6 Å². The number of nitrogens with one attached hydrogen (secondary N) is 1. The Morgan fingerprint density at radius 3 is 2.43 bits per heavy atom. The summed E-state index contributed by atoms with van der Waals surface area (Å²) in [6.07, 6.45) is -3.59. The van der Waals surface area contributed by atoms with Crippen LogP contribution in [0.1, 0.15) is 39.5 Å². The molecular formula is C17H24F3N3O4S. The molecule has 0 heterocycles. The number of sulfonamides is 1. The Kier molecular flexibility index (Phi) is 6.92. The number of benzene rings is 1. The zero-order chi connectivity index (χ0) is 21.1. The minimum absolute atomic E-state index is 0.0244. The molecule has 0 unspecified atom stereocenters. The molecule has 1 aromatic carbocycles. The van der Waals surface area contributed by atoms with Crippen LogP contribution in [0.5, 0.6) is 0 Å². The summed E-state index contributed by atoms with van der Waals surface area (Å²) in [6, 6.07) is 2.89. The molecule has 1 N–H and O–H groups in total. The van der Waals surface area contributed by atoms with Gasteiger partial charge in [0.1, 0.15) is 5.69 Å². The van der Waals surface area contributed by atoms with E-state index in [1.54, 1.807) is 13.8 Å². The van der Waals surface area contributed by atoms with E-state index in [1.165, 1.54) is 16.4 Å². The quantitative estimate of drug-likeness (QED) is 0.525. The van der Waals surface area contributed by atoms with Crippen molar-refractivity contribution in [1.29, 1.82) is 0 Å². The highest BCUT2D eigenvalue weighted by Crippen LogP contribution is 2.39. The van der Waals surface area contributed by atoms with Crippen LogP contribution in [-0.2, 0) is 10.0 Å². The second-order valence-corrected chi connectivity index (χ2v) is 8.71. The van der Waals surface area contributed by atoms with Crippen molar-refractivity contribution < 1.29 is 26.5 Å². The van der Waals surface area contributed by atoms with Gasteiger partial charge in [0.15, 0.2) is 0 Å². The molecule has 1 aliphatic carbocycles. The Morgan fingerprint density at radius 2 is 1.89 bits per heavy atom. The number of hydrogen-bond donors (Lipinski definition) is 1. The van der Waals surface area contributed by atoms with E-state index in [-0.39, 0.29) is 36.5 Å². The van der Waals surface area contributed by atoms with Crippen LogP contribution >= 0.6 is 0 Å². The third-order valence-corrected chi connectivity index (χ3v) is 7.05. The summed E-state index contributed by atoms with van der Waals surface area (Å²) in [6.45, 7) is 3.75.